The van der Waals surface area contributed by atoms with Crippen molar-refractivity contribution in [3.8, 4) is 0 Å². The van der Waals surface area contributed by atoms with Crippen molar-refractivity contribution < 1.29 is 0 Å². The fraction of sp³-hybridized carbons (Fsp3) is 0.667. The molecule has 6 heteroatoms. The number of aromatic nitrogens is 2. The molecule has 2 aliphatic rings. The highest BCUT2D eigenvalue weighted by molar-refractivity contribution is 5.47. The van der Waals surface area contributed by atoms with Gasteiger partial charge in [-0.1, -0.05) is 6.42 Å². The van der Waals surface area contributed by atoms with Crippen LogP contribution in [-0.4, -0.2) is 28.1 Å². The van der Waals surface area contributed by atoms with Crippen LogP contribution in [0.5, 0.6) is 0 Å². The summed E-state index contributed by atoms with van der Waals surface area (Å²) in [6.07, 6.45) is 6.20. The average molecular weight is 248 g/mol. The first-order valence-corrected chi connectivity index (χ1v) is 6.72. The summed E-state index contributed by atoms with van der Waals surface area (Å²) < 4.78 is 0. The lowest BCUT2D eigenvalue weighted by molar-refractivity contribution is 0.272. The predicted molar refractivity (Wildman–Crippen MR) is 70.9 cm³/mol. The van der Waals surface area contributed by atoms with E-state index in [-0.39, 0.29) is 0 Å². The third-order valence-corrected chi connectivity index (χ3v) is 3.46. The van der Waals surface area contributed by atoms with Gasteiger partial charge in [0.25, 0.3) is 0 Å². The van der Waals surface area contributed by atoms with Crippen LogP contribution in [0.2, 0.25) is 0 Å². The standard InChI is InChI=1S/C12H20N6/c13-16-10-8-11(15-12(14-10)9-4-5-9)17-18-6-2-1-3-7-18/h8-9H,1-7,13H2,(H2,14,15,16,17). The van der Waals surface area contributed by atoms with Gasteiger partial charge in [0.15, 0.2) is 0 Å². The van der Waals surface area contributed by atoms with E-state index in [4.69, 9.17) is 5.84 Å². The van der Waals surface area contributed by atoms with Gasteiger partial charge in [0, 0.05) is 25.1 Å². The molecule has 4 N–H and O–H groups in total. The molecular formula is C12H20N6. The summed E-state index contributed by atoms with van der Waals surface area (Å²) in [6.45, 7) is 2.16. The number of rotatable bonds is 4. The summed E-state index contributed by atoms with van der Waals surface area (Å²) >= 11 is 0. The molecule has 18 heavy (non-hydrogen) atoms. The Morgan fingerprint density at radius 1 is 1.11 bits per heavy atom. The summed E-state index contributed by atoms with van der Waals surface area (Å²) in [4.78, 5) is 8.98. The Morgan fingerprint density at radius 3 is 2.50 bits per heavy atom. The Hall–Kier alpha value is -1.40. The molecule has 1 saturated heterocycles. The molecule has 0 aromatic carbocycles. The number of nitrogen functional groups attached to an aromatic ring is 1. The van der Waals surface area contributed by atoms with E-state index in [0.717, 1.165) is 24.7 Å². The Labute approximate surface area is 107 Å². The fourth-order valence-corrected chi connectivity index (χ4v) is 2.29. The SMILES string of the molecule is NNc1cc(NN2CCCCC2)nc(C2CC2)n1. The normalized spacial score (nSPS) is 20.7. The van der Waals surface area contributed by atoms with Crippen molar-refractivity contribution in [1.82, 2.24) is 15.0 Å². The predicted octanol–water partition coefficient (Wildman–Crippen LogP) is 1.45. The second kappa shape index (κ2) is 5.07. The van der Waals surface area contributed by atoms with Crippen LogP contribution >= 0.6 is 0 Å². The minimum atomic E-state index is 0.528. The molecule has 0 amide bonds. The molecule has 1 aromatic rings. The van der Waals surface area contributed by atoms with Crippen LogP contribution in [0, 0.1) is 0 Å². The first-order valence-electron chi connectivity index (χ1n) is 6.72. The van der Waals surface area contributed by atoms with E-state index < -0.39 is 0 Å². The maximum atomic E-state index is 5.46. The van der Waals surface area contributed by atoms with E-state index in [2.05, 4.69) is 25.8 Å². The van der Waals surface area contributed by atoms with Crippen LogP contribution < -0.4 is 16.7 Å². The molecule has 2 heterocycles. The van der Waals surface area contributed by atoms with Gasteiger partial charge < -0.3 is 10.9 Å². The quantitative estimate of drug-likeness (QED) is 0.553. The second-order valence-corrected chi connectivity index (χ2v) is 5.07. The van der Waals surface area contributed by atoms with E-state index in [1.54, 1.807) is 0 Å². The average Bonchev–Trinajstić information content (AvgIpc) is 3.24. The lowest BCUT2D eigenvalue weighted by atomic mass is 10.2. The van der Waals surface area contributed by atoms with Gasteiger partial charge in [-0.25, -0.2) is 20.8 Å². The molecule has 0 spiro atoms. The van der Waals surface area contributed by atoms with Crippen LogP contribution in [0.15, 0.2) is 6.07 Å². The summed E-state index contributed by atoms with van der Waals surface area (Å²) in [5.74, 6) is 8.43. The van der Waals surface area contributed by atoms with Gasteiger partial charge >= 0.3 is 0 Å². The molecular weight excluding hydrogens is 228 g/mol. The number of hydrogen-bond donors (Lipinski definition) is 3. The van der Waals surface area contributed by atoms with E-state index >= 15 is 0 Å². The van der Waals surface area contributed by atoms with Gasteiger partial charge in [-0.3, -0.25) is 0 Å². The maximum Gasteiger partial charge on any atom is 0.146 e. The van der Waals surface area contributed by atoms with Crippen LogP contribution in [-0.2, 0) is 0 Å². The van der Waals surface area contributed by atoms with Crippen LogP contribution in [0.1, 0.15) is 43.8 Å². The molecule has 1 saturated carbocycles. The number of hydrazine groups is 2. The number of anilines is 2. The van der Waals surface area contributed by atoms with Gasteiger partial charge in [0.05, 0.1) is 0 Å². The first kappa shape index (κ1) is 11.7. The van der Waals surface area contributed by atoms with Crippen molar-refractivity contribution in [2.75, 3.05) is 23.9 Å². The van der Waals surface area contributed by atoms with E-state index in [1.165, 1.54) is 32.1 Å². The van der Waals surface area contributed by atoms with Gasteiger partial charge in [0.1, 0.15) is 17.5 Å². The first-order chi connectivity index (χ1) is 8.85. The molecule has 0 atom stereocenters. The number of nitrogens with two attached hydrogens (primary N) is 1. The number of hydrogen-bond acceptors (Lipinski definition) is 6. The molecule has 1 aliphatic carbocycles. The highest BCUT2D eigenvalue weighted by Crippen LogP contribution is 2.38. The molecule has 0 bridgehead atoms. The van der Waals surface area contributed by atoms with Crippen LogP contribution in [0.25, 0.3) is 0 Å². The summed E-state index contributed by atoms with van der Waals surface area (Å²) in [5.41, 5.74) is 5.98. The largest absolute Gasteiger partial charge is 0.308 e. The van der Waals surface area contributed by atoms with E-state index in [1.807, 2.05) is 6.07 Å². The zero-order valence-electron chi connectivity index (χ0n) is 10.5. The molecule has 1 aromatic heterocycles. The van der Waals surface area contributed by atoms with Crippen molar-refractivity contribution >= 4 is 11.6 Å². The Kier molecular flexibility index (Phi) is 3.29. The molecule has 6 nitrogen and oxygen atoms in total. The molecule has 3 rings (SSSR count). The van der Waals surface area contributed by atoms with Crippen molar-refractivity contribution in [2.24, 2.45) is 5.84 Å². The number of nitrogens with zero attached hydrogens (tertiary/aromatic N) is 3. The third-order valence-electron chi connectivity index (χ3n) is 3.46. The minimum absolute atomic E-state index is 0.528. The Morgan fingerprint density at radius 2 is 1.83 bits per heavy atom. The minimum Gasteiger partial charge on any atom is -0.308 e. The van der Waals surface area contributed by atoms with Gasteiger partial charge in [-0.05, 0) is 25.7 Å². The number of nitrogens with one attached hydrogen (secondary N) is 2. The summed E-state index contributed by atoms with van der Waals surface area (Å²) in [5, 5.41) is 2.23. The Bertz CT molecular complexity index is 411. The van der Waals surface area contributed by atoms with E-state index in [9.17, 15) is 0 Å². The Balaban J connectivity index is 1.74. The molecule has 2 fully saturated rings. The topological polar surface area (TPSA) is 79.1 Å². The molecule has 1 aliphatic heterocycles. The molecule has 0 unspecified atom stereocenters. The van der Waals surface area contributed by atoms with E-state index in [0.29, 0.717) is 11.7 Å². The van der Waals surface area contributed by atoms with Crippen LogP contribution in [0.3, 0.4) is 0 Å². The molecule has 98 valence electrons. The van der Waals surface area contributed by atoms with Crippen molar-refractivity contribution in [3.05, 3.63) is 11.9 Å². The fourth-order valence-electron chi connectivity index (χ4n) is 2.29. The van der Waals surface area contributed by atoms with Gasteiger partial charge in [-0.2, -0.15) is 0 Å². The maximum absolute atomic E-state index is 5.46. The highest BCUT2D eigenvalue weighted by atomic mass is 15.5. The second-order valence-electron chi connectivity index (χ2n) is 5.07. The summed E-state index contributed by atoms with van der Waals surface area (Å²) in [6, 6.07) is 1.86. The van der Waals surface area contributed by atoms with Crippen LogP contribution in [0.4, 0.5) is 11.6 Å². The lowest BCUT2D eigenvalue weighted by Gasteiger charge is -2.27. The molecule has 0 radical (unpaired) electrons. The zero-order chi connectivity index (χ0) is 12.4. The summed E-state index contributed by atoms with van der Waals surface area (Å²) in [7, 11) is 0. The van der Waals surface area contributed by atoms with Crippen molar-refractivity contribution in [2.45, 2.75) is 38.0 Å². The highest BCUT2D eigenvalue weighted by Gasteiger charge is 2.27. The zero-order valence-corrected chi connectivity index (χ0v) is 10.5. The smallest absolute Gasteiger partial charge is 0.146 e. The lowest BCUT2D eigenvalue weighted by Crippen LogP contribution is -2.35. The van der Waals surface area contributed by atoms with Crippen molar-refractivity contribution in [1.29, 1.82) is 0 Å². The monoisotopic (exact) mass is 248 g/mol. The third kappa shape index (κ3) is 2.70. The van der Waals surface area contributed by atoms with Gasteiger partial charge in [0.2, 0.25) is 0 Å². The van der Waals surface area contributed by atoms with Gasteiger partial charge in [-0.15, -0.1) is 0 Å². The van der Waals surface area contributed by atoms with Crippen molar-refractivity contribution in [3.63, 3.8) is 0 Å². The number of piperidine rings is 1.